The highest BCUT2D eigenvalue weighted by Crippen LogP contribution is 2.74. The second-order valence-electron chi connectivity index (χ2n) is 26.8. The predicted octanol–water partition coefficient (Wildman–Crippen LogP) is 3.12. The third kappa shape index (κ3) is 11.3. The maximum absolute atomic E-state index is 16.3. The number of aliphatic hydroxyl groups is 6. The van der Waals surface area contributed by atoms with E-state index in [0.29, 0.717) is 42.8 Å². The summed E-state index contributed by atoms with van der Waals surface area (Å²) in [4.78, 5) is 63.8. The summed E-state index contributed by atoms with van der Waals surface area (Å²) in [6.07, 6.45) is 0.202. The normalized spacial score (nSPS) is 31.5. The fourth-order valence-electron chi connectivity index (χ4n) is 17.8. The van der Waals surface area contributed by atoms with Crippen LogP contribution >= 0.6 is 0 Å². The summed E-state index contributed by atoms with van der Waals surface area (Å²) in [5.74, 6) is -1.05. The zero-order valence-electron chi connectivity index (χ0n) is 52.3. The molecule has 3 saturated carbocycles. The molecular weight excluding hydrogens is 1180 g/mol. The van der Waals surface area contributed by atoms with E-state index >= 15 is 9.59 Å². The van der Waals surface area contributed by atoms with Crippen molar-refractivity contribution >= 4 is 41.9 Å². The molecule has 2 heterocycles. The number of esters is 1. The molecule has 490 valence electrons. The first kappa shape index (κ1) is 65.1. The van der Waals surface area contributed by atoms with Gasteiger partial charge < -0.3 is 87.3 Å². The summed E-state index contributed by atoms with van der Waals surface area (Å²) in [6.45, 7) is 2.95. The van der Waals surface area contributed by atoms with Crippen LogP contribution in [0.15, 0.2) is 47.5 Å². The van der Waals surface area contributed by atoms with E-state index in [1.165, 1.54) is 19.1 Å². The fourth-order valence-corrected chi connectivity index (χ4v) is 17.8. The molecule has 5 fully saturated rings. The van der Waals surface area contributed by atoms with Crippen molar-refractivity contribution in [3.8, 4) is 29.1 Å². The summed E-state index contributed by atoms with van der Waals surface area (Å²) in [5.41, 5.74) is 17.4. The highest BCUT2D eigenvalue weighted by molar-refractivity contribution is 6.32. The van der Waals surface area contributed by atoms with Crippen LogP contribution in [0.4, 0.5) is 0 Å². The third-order valence-electron chi connectivity index (χ3n) is 21.2. The SMILES string of the molecule is CNCC1CC2CC34CC(CNC)OCC3CCC3C2C(O)(C1)c1c(ccc(Cc2c(O)c5c6c(c2OC2OC(C)C(O)C(O)(O)C2OCCN=C(N)N)CC#CC(N)CCC(O)Cc2cccc(c2)C=Cc2c(OC(C)=O)cc(CO)c(c2C6=O)C5=O)c1C=O)C34. The molecule has 12 rings (SSSR count). The quantitative estimate of drug-likeness (QED) is 0.0105. The van der Waals surface area contributed by atoms with Crippen LogP contribution < -0.4 is 37.3 Å². The number of fused-ring (bicyclic) bond motifs is 4. The molecule has 22 nitrogen and oxygen atoms in total. The summed E-state index contributed by atoms with van der Waals surface area (Å²) in [7, 11) is 3.81. The average molecular weight is 1270 g/mol. The molecule has 0 amide bonds. The van der Waals surface area contributed by atoms with Crippen molar-refractivity contribution in [1.29, 1.82) is 0 Å². The van der Waals surface area contributed by atoms with Gasteiger partial charge in [0.2, 0.25) is 12.1 Å². The highest BCUT2D eigenvalue weighted by Gasteiger charge is 2.69. The van der Waals surface area contributed by atoms with Gasteiger partial charge in [-0.2, -0.15) is 0 Å². The van der Waals surface area contributed by atoms with E-state index in [9.17, 15) is 45.3 Å². The Morgan fingerprint density at radius 1 is 0.935 bits per heavy atom. The van der Waals surface area contributed by atoms with E-state index in [1.54, 1.807) is 24.3 Å². The number of aromatic hydroxyl groups is 1. The number of ketones is 2. The Labute approximate surface area is 533 Å². The number of phenols is 1. The van der Waals surface area contributed by atoms with Crippen molar-refractivity contribution in [2.75, 3.05) is 46.9 Å². The topological polar surface area (TPSA) is 371 Å². The molecule has 4 aromatic carbocycles. The number of guanidine groups is 1. The van der Waals surface area contributed by atoms with E-state index in [2.05, 4.69) is 27.5 Å². The zero-order chi connectivity index (χ0) is 65.3. The van der Waals surface area contributed by atoms with Crippen LogP contribution in [0.2, 0.25) is 0 Å². The lowest BCUT2D eigenvalue weighted by atomic mass is 9.36. The Hall–Kier alpha value is -6.95. The van der Waals surface area contributed by atoms with Gasteiger partial charge in [-0.05, 0) is 172 Å². The molecule has 2 saturated heterocycles. The molecule has 4 aromatic rings. The molecule has 92 heavy (non-hydrogen) atoms. The number of benzene rings is 4. The number of nitrogens with one attached hydrogen (secondary N) is 2. The monoisotopic (exact) mass is 1260 g/mol. The molecule has 15 N–H and O–H groups in total. The molecule has 0 aromatic heterocycles. The van der Waals surface area contributed by atoms with Crippen LogP contribution in [0.1, 0.15) is 163 Å². The van der Waals surface area contributed by atoms with Crippen LogP contribution in [-0.4, -0.2) is 161 Å². The van der Waals surface area contributed by atoms with Gasteiger partial charge in [0.05, 0.1) is 61.9 Å². The smallest absolute Gasteiger partial charge is 0.308 e. The van der Waals surface area contributed by atoms with Gasteiger partial charge in [-0.3, -0.25) is 24.2 Å². The number of aldehydes is 1. The van der Waals surface area contributed by atoms with Crippen molar-refractivity contribution in [3.05, 3.63) is 120 Å². The van der Waals surface area contributed by atoms with Gasteiger partial charge in [-0.25, -0.2) is 0 Å². The van der Waals surface area contributed by atoms with Gasteiger partial charge >= 0.3 is 5.97 Å². The van der Waals surface area contributed by atoms with Crippen molar-refractivity contribution in [3.63, 3.8) is 0 Å². The summed E-state index contributed by atoms with van der Waals surface area (Å²) in [6, 6.07) is 11.5. The molecule has 2 aliphatic heterocycles. The molecule has 15 atom stereocenters. The standard InChI is InChI=1S/C70H84N6O16/c1-34-64(84)70(86,87)65(88-20-19-76-67(72)73)66(90-34)92-63-47-10-6-9-43(71)14-15-44(80)23-37-8-5-7-36(21-37)11-16-46-52(91-35(2)79)25-41(31-77)53-54(46)62(83)55(47)56(61(53)82)60(81)50(63)24-39-12-17-49-58-48-18-13-42-33-89-45(30-75-4)28-68(42,58)27-40-22-38(29-74-3)26-69(85,57(40)48)59(49)51(39)32-78/h5,7-8,11-12,16-17,21,25,32,34,38,40,42-45,48,57-58,64-66,74-75,77,80-81,84-87H,10,13-15,18-20,22-24,26-31,33,71H2,1-4H3,(H4,72,73,76). The van der Waals surface area contributed by atoms with Crippen LogP contribution in [0.5, 0.6) is 17.2 Å². The summed E-state index contributed by atoms with van der Waals surface area (Å²) >= 11 is 0. The lowest BCUT2D eigenvalue weighted by Crippen LogP contribution is -2.67. The number of carbonyl (C=O) groups excluding carboxylic acids is 4. The third-order valence-corrected chi connectivity index (χ3v) is 21.2. The number of aliphatic imine (C=N–C) groups is 1. The molecular formula is C70H84N6O16. The maximum atomic E-state index is 16.3. The minimum absolute atomic E-state index is 0.0301. The van der Waals surface area contributed by atoms with Crippen LogP contribution in [0.25, 0.3) is 12.2 Å². The van der Waals surface area contributed by atoms with Crippen LogP contribution in [0, 0.1) is 46.8 Å². The number of nitrogens with zero attached hydrogens (tertiary/aromatic N) is 1. The van der Waals surface area contributed by atoms with Gasteiger partial charge in [-0.15, -0.1) is 0 Å². The zero-order valence-corrected chi connectivity index (χ0v) is 52.3. The summed E-state index contributed by atoms with van der Waals surface area (Å²) in [5, 5.41) is 91.8. The first-order valence-corrected chi connectivity index (χ1v) is 32.1. The van der Waals surface area contributed by atoms with Crippen LogP contribution in [-0.2, 0) is 50.5 Å². The van der Waals surface area contributed by atoms with E-state index in [0.717, 1.165) is 56.4 Å². The Balaban J connectivity index is 1.12. The Morgan fingerprint density at radius 2 is 1.72 bits per heavy atom. The second-order valence-corrected chi connectivity index (χ2v) is 26.8. The van der Waals surface area contributed by atoms with Crippen molar-refractivity contribution in [2.45, 2.75) is 151 Å². The first-order valence-electron chi connectivity index (χ1n) is 32.1. The molecule has 22 heteroatoms. The highest BCUT2D eigenvalue weighted by atomic mass is 16.7. The molecule has 15 unspecified atom stereocenters. The fraction of sp³-hybridized carbons (Fsp3) is 0.529. The number of hydrogen-bond acceptors (Lipinski definition) is 20. The van der Waals surface area contributed by atoms with Crippen molar-refractivity contribution in [1.82, 2.24) is 10.6 Å². The number of aliphatic hydroxyl groups excluding tert-OH is 3. The Morgan fingerprint density at radius 3 is 2.46 bits per heavy atom. The number of ether oxygens (including phenoxy) is 5. The Bertz CT molecular complexity index is 3720. The lowest BCUT2D eigenvalue weighted by Gasteiger charge is -2.70. The van der Waals surface area contributed by atoms with Crippen molar-refractivity contribution < 1.29 is 78.6 Å². The molecule has 0 radical (unpaired) electrons. The van der Waals surface area contributed by atoms with Gasteiger partial charge in [0.1, 0.15) is 23.4 Å². The predicted molar refractivity (Wildman–Crippen MR) is 337 cm³/mol. The maximum Gasteiger partial charge on any atom is 0.308 e. The second kappa shape index (κ2) is 25.7. The van der Waals surface area contributed by atoms with E-state index in [4.69, 9.17) is 40.9 Å². The van der Waals surface area contributed by atoms with Gasteiger partial charge in [0.15, 0.2) is 29.9 Å². The number of likely N-dealkylation sites (N-methyl/N-ethyl adjacent to an activating group) is 1. The van der Waals surface area contributed by atoms with E-state index in [1.807, 2.05) is 32.3 Å². The minimum atomic E-state index is -3.13. The first-order chi connectivity index (χ1) is 44.1. The van der Waals surface area contributed by atoms with Gasteiger partial charge in [0, 0.05) is 65.3 Å². The lowest BCUT2D eigenvalue weighted by molar-refractivity contribution is -0.378. The van der Waals surface area contributed by atoms with Crippen molar-refractivity contribution in [2.24, 2.45) is 57.2 Å². The van der Waals surface area contributed by atoms with Gasteiger partial charge in [0.25, 0.3) is 0 Å². The number of carbonyl (C=O) groups is 4. The number of rotatable bonds is 15. The Kier molecular flexibility index (Phi) is 18.2. The van der Waals surface area contributed by atoms with Crippen LogP contribution in [0.3, 0.4) is 0 Å². The number of nitrogens with two attached hydrogens (primary N) is 3. The minimum Gasteiger partial charge on any atom is -0.507 e. The summed E-state index contributed by atoms with van der Waals surface area (Å²) < 4.78 is 31.6. The molecule has 8 aliphatic rings. The number of phenolic OH excluding ortho intramolecular Hbond substituents is 1. The average Bonchev–Trinajstić information content (AvgIpc) is 0.673. The van der Waals surface area contributed by atoms with Gasteiger partial charge in [-0.1, -0.05) is 54.3 Å². The van der Waals surface area contributed by atoms with E-state index < -0.39 is 109 Å². The number of hydrogen-bond donors (Lipinski definition) is 12. The molecule has 6 aliphatic carbocycles. The molecule has 1 spiro atoms. The van der Waals surface area contributed by atoms with E-state index in [-0.39, 0.29) is 129 Å². The largest absolute Gasteiger partial charge is 0.507 e. The molecule has 8 bridgehead atoms.